The summed E-state index contributed by atoms with van der Waals surface area (Å²) in [6, 6.07) is 10.1. The second-order valence-electron chi connectivity index (χ2n) is 5.41. The van der Waals surface area contributed by atoms with Crippen LogP contribution in [0.15, 0.2) is 30.3 Å². The van der Waals surface area contributed by atoms with Gasteiger partial charge in [0.05, 0.1) is 12.3 Å². The Balaban J connectivity index is 1.73. The molecular weight excluding hydrogens is 240 g/mol. The van der Waals surface area contributed by atoms with Crippen LogP contribution in [0.3, 0.4) is 0 Å². The van der Waals surface area contributed by atoms with Gasteiger partial charge in [-0.1, -0.05) is 30.3 Å². The van der Waals surface area contributed by atoms with Crippen molar-refractivity contribution >= 4 is 5.91 Å². The van der Waals surface area contributed by atoms with Gasteiger partial charge in [0.1, 0.15) is 6.04 Å². The monoisotopic (exact) mass is 260 g/mol. The molecule has 1 aromatic rings. The van der Waals surface area contributed by atoms with E-state index >= 15 is 0 Å². The van der Waals surface area contributed by atoms with Gasteiger partial charge >= 0.3 is 0 Å². The van der Waals surface area contributed by atoms with Gasteiger partial charge in [-0.25, -0.2) is 0 Å². The van der Waals surface area contributed by atoms with Crippen molar-refractivity contribution in [2.75, 3.05) is 7.11 Å². The maximum atomic E-state index is 12.6. The first-order valence-electron chi connectivity index (χ1n) is 6.86. The van der Waals surface area contributed by atoms with Crippen LogP contribution in [0, 0.1) is 0 Å². The third-order valence-electron chi connectivity index (χ3n) is 4.26. The van der Waals surface area contributed by atoms with Gasteiger partial charge in [-0.05, 0) is 25.3 Å². The van der Waals surface area contributed by atoms with Crippen molar-refractivity contribution < 1.29 is 9.53 Å². The first-order valence-corrected chi connectivity index (χ1v) is 6.86. The molecule has 102 valence electrons. The zero-order valence-corrected chi connectivity index (χ0v) is 11.4. The number of nitrogens with zero attached hydrogens (tertiary/aromatic N) is 1. The lowest BCUT2D eigenvalue weighted by atomic mass is 9.87. The number of nitrogens with one attached hydrogen (secondary N) is 1. The molecule has 0 aromatic heterocycles. The Kier molecular flexibility index (Phi) is 3.29. The number of hydrogen-bond acceptors (Lipinski definition) is 3. The first kappa shape index (κ1) is 12.6. The number of hydrogen-bond donors (Lipinski definition) is 1. The van der Waals surface area contributed by atoms with Gasteiger partial charge in [0.15, 0.2) is 0 Å². The molecule has 2 aliphatic rings. The standard InChI is InChI=1S/C15H20N2O2/c1-10-16-14(11-6-4-3-5-7-11)15(18)17(10)12-8-13(9-12)19-2/h3-7,10,12-14,16H,8-9H2,1-2H3. The van der Waals surface area contributed by atoms with Crippen LogP contribution in [0.2, 0.25) is 0 Å². The largest absolute Gasteiger partial charge is 0.381 e. The maximum Gasteiger partial charge on any atom is 0.245 e. The molecule has 0 bridgehead atoms. The van der Waals surface area contributed by atoms with E-state index in [1.807, 2.05) is 35.2 Å². The van der Waals surface area contributed by atoms with Gasteiger partial charge < -0.3 is 9.64 Å². The minimum absolute atomic E-state index is 0.0977. The van der Waals surface area contributed by atoms with E-state index in [1.54, 1.807) is 7.11 Å². The van der Waals surface area contributed by atoms with Crippen LogP contribution in [0.1, 0.15) is 31.4 Å². The van der Waals surface area contributed by atoms with Crippen LogP contribution in [0.4, 0.5) is 0 Å². The fraction of sp³-hybridized carbons (Fsp3) is 0.533. The van der Waals surface area contributed by atoms with E-state index < -0.39 is 0 Å². The minimum atomic E-state index is -0.196. The Morgan fingerprint density at radius 1 is 1.26 bits per heavy atom. The predicted octanol–water partition coefficient (Wildman–Crippen LogP) is 1.68. The Bertz CT molecular complexity index is 456. The van der Waals surface area contributed by atoms with Crippen LogP contribution in [-0.4, -0.2) is 36.2 Å². The van der Waals surface area contributed by atoms with Crippen LogP contribution in [0.5, 0.6) is 0 Å². The molecule has 1 aromatic carbocycles. The predicted molar refractivity (Wildman–Crippen MR) is 72.4 cm³/mol. The highest BCUT2D eigenvalue weighted by molar-refractivity contribution is 5.86. The van der Waals surface area contributed by atoms with Crippen molar-refractivity contribution in [3.05, 3.63) is 35.9 Å². The normalized spacial score (nSPS) is 34.4. The van der Waals surface area contributed by atoms with Crippen molar-refractivity contribution in [2.24, 2.45) is 0 Å². The van der Waals surface area contributed by atoms with E-state index in [4.69, 9.17) is 4.74 Å². The lowest BCUT2D eigenvalue weighted by molar-refractivity contribution is -0.137. The summed E-state index contributed by atoms with van der Waals surface area (Å²) in [4.78, 5) is 14.6. The zero-order chi connectivity index (χ0) is 13.4. The number of ether oxygens (including phenoxy) is 1. The van der Waals surface area contributed by atoms with Gasteiger partial charge in [-0.15, -0.1) is 0 Å². The topological polar surface area (TPSA) is 41.6 Å². The minimum Gasteiger partial charge on any atom is -0.381 e. The third-order valence-corrected chi connectivity index (χ3v) is 4.26. The molecule has 1 aliphatic carbocycles. The van der Waals surface area contributed by atoms with E-state index in [2.05, 4.69) is 12.2 Å². The highest BCUT2D eigenvalue weighted by atomic mass is 16.5. The molecule has 1 aliphatic heterocycles. The molecule has 2 atom stereocenters. The van der Waals surface area contributed by atoms with Crippen LogP contribution < -0.4 is 5.32 Å². The molecule has 2 unspecified atom stereocenters. The second-order valence-corrected chi connectivity index (χ2v) is 5.41. The third kappa shape index (κ3) is 2.15. The number of methoxy groups -OCH3 is 1. The Hall–Kier alpha value is -1.39. The summed E-state index contributed by atoms with van der Waals surface area (Å²) in [5, 5.41) is 3.39. The summed E-state index contributed by atoms with van der Waals surface area (Å²) >= 11 is 0. The fourth-order valence-electron chi connectivity index (χ4n) is 3.07. The number of carbonyl (C=O) groups excluding carboxylic acids is 1. The van der Waals surface area contributed by atoms with Crippen molar-refractivity contribution in [2.45, 2.75) is 44.1 Å². The average molecular weight is 260 g/mol. The van der Waals surface area contributed by atoms with E-state index in [0.717, 1.165) is 18.4 Å². The number of amides is 1. The van der Waals surface area contributed by atoms with Gasteiger partial charge in [0.25, 0.3) is 0 Å². The van der Waals surface area contributed by atoms with E-state index in [1.165, 1.54) is 0 Å². The number of benzene rings is 1. The summed E-state index contributed by atoms with van der Waals surface area (Å²) in [6.07, 6.45) is 2.33. The summed E-state index contributed by atoms with van der Waals surface area (Å²) in [5.41, 5.74) is 1.05. The first-order chi connectivity index (χ1) is 9.20. The molecule has 1 saturated heterocycles. The molecule has 1 N–H and O–H groups in total. The lowest BCUT2D eigenvalue weighted by Gasteiger charge is -2.41. The van der Waals surface area contributed by atoms with Crippen molar-refractivity contribution in [1.82, 2.24) is 10.2 Å². The van der Waals surface area contributed by atoms with Gasteiger partial charge in [0, 0.05) is 13.2 Å². The van der Waals surface area contributed by atoms with E-state index in [9.17, 15) is 4.79 Å². The second kappa shape index (κ2) is 4.94. The average Bonchev–Trinajstić information content (AvgIpc) is 2.67. The highest BCUT2D eigenvalue weighted by Crippen LogP contribution is 2.34. The molecular formula is C15H20N2O2. The molecule has 1 saturated carbocycles. The van der Waals surface area contributed by atoms with Crippen LogP contribution in [-0.2, 0) is 9.53 Å². The number of carbonyl (C=O) groups is 1. The van der Waals surface area contributed by atoms with E-state index in [0.29, 0.717) is 12.1 Å². The van der Waals surface area contributed by atoms with Crippen LogP contribution in [0.25, 0.3) is 0 Å². The fourth-order valence-corrected chi connectivity index (χ4v) is 3.07. The Morgan fingerprint density at radius 3 is 2.58 bits per heavy atom. The summed E-state index contributed by atoms with van der Waals surface area (Å²) in [5.74, 6) is 0.193. The van der Waals surface area contributed by atoms with Crippen molar-refractivity contribution in [3.8, 4) is 0 Å². The molecule has 1 heterocycles. The molecule has 2 fully saturated rings. The van der Waals surface area contributed by atoms with Gasteiger partial charge in [-0.2, -0.15) is 0 Å². The summed E-state index contributed by atoms with van der Waals surface area (Å²) in [7, 11) is 1.74. The zero-order valence-electron chi connectivity index (χ0n) is 11.4. The smallest absolute Gasteiger partial charge is 0.245 e. The van der Waals surface area contributed by atoms with Crippen LogP contribution >= 0.6 is 0 Å². The van der Waals surface area contributed by atoms with Gasteiger partial charge in [-0.3, -0.25) is 10.1 Å². The highest BCUT2D eigenvalue weighted by Gasteiger charge is 2.45. The Morgan fingerprint density at radius 2 is 1.95 bits per heavy atom. The maximum absolute atomic E-state index is 12.6. The quantitative estimate of drug-likeness (QED) is 0.899. The molecule has 0 radical (unpaired) electrons. The molecule has 4 heteroatoms. The molecule has 0 spiro atoms. The van der Waals surface area contributed by atoms with Crippen molar-refractivity contribution in [1.29, 1.82) is 0 Å². The molecule has 4 nitrogen and oxygen atoms in total. The molecule has 3 rings (SSSR count). The molecule has 1 amide bonds. The number of rotatable bonds is 3. The SMILES string of the molecule is COC1CC(N2C(=O)C(c3ccccc3)NC2C)C1. The summed E-state index contributed by atoms with van der Waals surface area (Å²) < 4.78 is 5.30. The molecule has 19 heavy (non-hydrogen) atoms. The van der Waals surface area contributed by atoms with Crippen molar-refractivity contribution in [3.63, 3.8) is 0 Å². The Labute approximate surface area is 113 Å². The lowest BCUT2D eigenvalue weighted by Crippen LogP contribution is -2.52. The van der Waals surface area contributed by atoms with Gasteiger partial charge in [0.2, 0.25) is 5.91 Å². The van der Waals surface area contributed by atoms with E-state index in [-0.39, 0.29) is 18.1 Å². The summed E-state index contributed by atoms with van der Waals surface area (Å²) in [6.45, 7) is 2.06.